The van der Waals surface area contributed by atoms with Crippen molar-refractivity contribution in [1.82, 2.24) is 9.97 Å². The van der Waals surface area contributed by atoms with E-state index < -0.39 is 0 Å². The number of aromatic nitrogens is 2. The largest absolute Gasteiger partial charge is 0.351 e. The maximum atomic E-state index is 5.98. The monoisotopic (exact) mass is 220 g/mol. The Balaban J connectivity index is 2.11. The van der Waals surface area contributed by atoms with Crippen LogP contribution in [0, 0.1) is 19.3 Å². The highest BCUT2D eigenvalue weighted by atomic mass is 15.1. The van der Waals surface area contributed by atoms with E-state index in [1.807, 2.05) is 19.9 Å². The lowest BCUT2D eigenvalue weighted by molar-refractivity contribution is 0.116. The lowest BCUT2D eigenvalue weighted by atomic mass is 9.63. The molecule has 1 saturated carbocycles. The zero-order valence-electron chi connectivity index (χ0n) is 10.4. The molecule has 88 valence electrons. The molecule has 2 unspecified atom stereocenters. The lowest BCUT2D eigenvalue weighted by Crippen LogP contribution is -2.61. The first-order valence-corrected chi connectivity index (χ1v) is 5.74. The Bertz CT molecular complexity index is 380. The molecule has 0 bridgehead atoms. The summed E-state index contributed by atoms with van der Waals surface area (Å²) in [7, 11) is 0. The molecule has 1 aromatic heterocycles. The van der Waals surface area contributed by atoms with Gasteiger partial charge in [0.1, 0.15) is 0 Å². The Morgan fingerprint density at radius 2 is 1.88 bits per heavy atom. The maximum absolute atomic E-state index is 5.98. The van der Waals surface area contributed by atoms with Gasteiger partial charge in [0.15, 0.2) is 0 Å². The summed E-state index contributed by atoms with van der Waals surface area (Å²) in [6.07, 6.45) is 0.989. The Kier molecular flexibility index (Phi) is 2.62. The molecule has 0 saturated heterocycles. The summed E-state index contributed by atoms with van der Waals surface area (Å²) < 4.78 is 0. The van der Waals surface area contributed by atoms with Crippen molar-refractivity contribution in [3.8, 4) is 0 Å². The first-order valence-electron chi connectivity index (χ1n) is 5.74. The molecular weight excluding hydrogens is 200 g/mol. The highest BCUT2D eigenvalue weighted by molar-refractivity contribution is 5.32. The lowest BCUT2D eigenvalue weighted by Gasteiger charge is -2.50. The van der Waals surface area contributed by atoms with Crippen LogP contribution in [0.4, 0.5) is 5.95 Å². The van der Waals surface area contributed by atoms with Crippen molar-refractivity contribution in [2.75, 3.05) is 5.32 Å². The Labute approximate surface area is 96.7 Å². The SMILES string of the molecule is Cc1cc(C)nc(NC2CC(N)C2(C)C)n1. The number of rotatable bonds is 2. The number of nitrogens with zero attached hydrogens (tertiary/aromatic N) is 2. The maximum Gasteiger partial charge on any atom is 0.223 e. The van der Waals surface area contributed by atoms with E-state index in [4.69, 9.17) is 5.73 Å². The molecule has 0 aromatic carbocycles. The molecule has 0 radical (unpaired) electrons. The number of nitrogens with one attached hydrogen (secondary N) is 1. The van der Waals surface area contributed by atoms with Crippen LogP contribution in [-0.4, -0.2) is 22.1 Å². The van der Waals surface area contributed by atoms with Crippen LogP contribution in [0.15, 0.2) is 6.07 Å². The predicted molar refractivity (Wildman–Crippen MR) is 65.3 cm³/mol. The highest BCUT2D eigenvalue weighted by Crippen LogP contribution is 2.40. The van der Waals surface area contributed by atoms with Crippen molar-refractivity contribution in [2.45, 2.75) is 46.2 Å². The van der Waals surface area contributed by atoms with Gasteiger partial charge in [0, 0.05) is 28.9 Å². The second-order valence-electron chi connectivity index (χ2n) is 5.33. The predicted octanol–water partition coefficient (Wildman–Crippen LogP) is 1.63. The van der Waals surface area contributed by atoms with Gasteiger partial charge in [-0.15, -0.1) is 0 Å². The Morgan fingerprint density at radius 3 is 2.31 bits per heavy atom. The van der Waals surface area contributed by atoms with E-state index in [-0.39, 0.29) is 11.5 Å². The molecule has 0 amide bonds. The van der Waals surface area contributed by atoms with Crippen LogP contribution in [0.1, 0.15) is 31.7 Å². The number of aryl methyl sites for hydroxylation is 2. The zero-order valence-corrected chi connectivity index (χ0v) is 10.4. The van der Waals surface area contributed by atoms with Crippen LogP contribution in [0.25, 0.3) is 0 Å². The average Bonchev–Trinajstić information content (AvgIpc) is 2.15. The minimum atomic E-state index is 0.126. The van der Waals surface area contributed by atoms with Gasteiger partial charge in [-0.25, -0.2) is 9.97 Å². The third-order valence-corrected chi connectivity index (χ3v) is 3.63. The van der Waals surface area contributed by atoms with Crippen molar-refractivity contribution in [2.24, 2.45) is 11.1 Å². The molecule has 2 rings (SSSR count). The third kappa shape index (κ3) is 1.89. The van der Waals surface area contributed by atoms with Gasteiger partial charge in [-0.1, -0.05) is 13.8 Å². The first-order chi connectivity index (χ1) is 7.39. The van der Waals surface area contributed by atoms with E-state index in [1.54, 1.807) is 0 Å². The van der Waals surface area contributed by atoms with Gasteiger partial charge >= 0.3 is 0 Å². The van der Waals surface area contributed by atoms with Crippen LogP contribution in [0.2, 0.25) is 0 Å². The van der Waals surface area contributed by atoms with E-state index in [9.17, 15) is 0 Å². The van der Waals surface area contributed by atoms with Crippen LogP contribution in [-0.2, 0) is 0 Å². The highest BCUT2D eigenvalue weighted by Gasteiger charge is 2.46. The molecule has 1 fully saturated rings. The van der Waals surface area contributed by atoms with Crippen LogP contribution >= 0.6 is 0 Å². The van der Waals surface area contributed by atoms with Gasteiger partial charge < -0.3 is 11.1 Å². The van der Waals surface area contributed by atoms with Gasteiger partial charge in [0.2, 0.25) is 5.95 Å². The molecule has 2 atom stereocenters. The summed E-state index contributed by atoms with van der Waals surface area (Å²) in [5, 5.41) is 3.38. The Hall–Kier alpha value is -1.16. The topological polar surface area (TPSA) is 63.8 Å². The van der Waals surface area contributed by atoms with E-state index in [0.29, 0.717) is 6.04 Å². The van der Waals surface area contributed by atoms with Crippen molar-refractivity contribution in [3.05, 3.63) is 17.5 Å². The number of hydrogen-bond acceptors (Lipinski definition) is 4. The van der Waals surface area contributed by atoms with E-state index in [2.05, 4.69) is 29.1 Å². The molecular formula is C12H20N4. The van der Waals surface area contributed by atoms with Crippen molar-refractivity contribution in [1.29, 1.82) is 0 Å². The number of anilines is 1. The molecule has 16 heavy (non-hydrogen) atoms. The summed E-state index contributed by atoms with van der Waals surface area (Å²) in [6, 6.07) is 2.63. The van der Waals surface area contributed by atoms with Gasteiger partial charge in [0.05, 0.1) is 0 Å². The fourth-order valence-corrected chi connectivity index (χ4v) is 2.15. The molecule has 4 nitrogen and oxygen atoms in total. The summed E-state index contributed by atoms with van der Waals surface area (Å²) in [4.78, 5) is 8.77. The van der Waals surface area contributed by atoms with Crippen molar-refractivity contribution >= 4 is 5.95 Å². The smallest absolute Gasteiger partial charge is 0.223 e. The van der Waals surface area contributed by atoms with Crippen molar-refractivity contribution in [3.63, 3.8) is 0 Å². The first kappa shape index (κ1) is 11.3. The molecule has 1 aliphatic carbocycles. The van der Waals surface area contributed by atoms with Crippen molar-refractivity contribution < 1.29 is 0 Å². The fourth-order valence-electron chi connectivity index (χ4n) is 2.15. The van der Waals surface area contributed by atoms with Gasteiger partial charge in [0.25, 0.3) is 0 Å². The Morgan fingerprint density at radius 1 is 1.31 bits per heavy atom. The van der Waals surface area contributed by atoms with Crippen LogP contribution in [0.3, 0.4) is 0 Å². The quantitative estimate of drug-likeness (QED) is 0.795. The normalized spacial score (nSPS) is 27.3. The van der Waals surface area contributed by atoms with E-state index in [1.165, 1.54) is 0 Å². The molecule has 0 aliphatic heterocycles. The van der Waals surface area contributed by atoms with Gasteiger partial charge in [-0.05, 0) is 26.3 Å². The summed E-state index contributed by atoms with van der Waals surface area (Å²) in [5.74, 6) is 0.725. The molecule has 0 spiro atoms. The second kappa shape index (κ2) is 3.70. The fraction of sp³-hybridized carbons (Fsp3) is 0.667. The zero-order chi connectivity index (χ0) is 11.9. The minimum absolute atomic E-state index is 0.126. The minimum Gasteiger partial charge on any atom is -0.351 e. The second-order valence-corrected chi connectivity index (χ2v) is 5.33. The number of hydrogen-bond donors (Lipinski definition) is 2. The summed E-state index contributed by atoms with van der Waals surface area (Å²) >= 11 is 0. The van der Waals surface area contributed by atoms with Crippen LogP contribution in [0.5, 0.6) is 0 Å². The molecule has 1 aliphatic rings. The van der Waals surface area contributed by atoms with Crippen LogP contribution < -0.4 is 11.1 Å². The molecule has 1 aromatic rings. The van der Waals surface area contributed by atoms with Gasteiger partial charge in [-0.3, -0.25) is 0 Å². The molecule has 1 heterocycles. The standard InChI is InChI=1S/C12H20N4/c1-7-5-8(2)15-11(14-7)16-10-6-9(13)12(10,3)4/h5,9-10H,6,13H2,1-4H3,(H,14,15,16). The number of nitrogens with two attached hydrogens (primary N) is 1. The summed E-state index contributed by atoms with van der Waals surface area (Å²) in [5.41, 5.74) is 8.10. The third-order valence-electron chi connectivity index (χ3n) is 3.63. The van der Waals surface area contributed by atoms with Gasteiger partial charge in [-0.2, -0.15) is 0 Å². The average molecular weight is 220 g/mol. The molecule has 4 heteroatoms. The summed E-state index contributed by atoms with van der Waals surface area (Å²) in [6.45, 7) is 8.33. The molecule has 3 N–H and O–H groups in total. The van der Waals surface area contributed by atoms with E-state index >= 15 is 0 Å². The van der Waals surface area contributed by atoms with E-state index in [0.717, 1.165) is 23.8 Å².